The topological polar surface area (TPSA) is 74.6 Å². The van der Waals surface area contributed by atoms with E-state index >= 15 is 0 Å². The molecule has 0 heterocycles. The van der Waals surface area contributed by atoms with Crippen molar-refractivity contribution in [2.75, 3.05) is 0 Å². The van der Waals surface area contributed by atoms with Gasteiger partial charge in [0.1, 0.15) is 0 Å². The fourth-order valence-corrected chi connectivity index (χ4v) is 0. The summed E-state index contributed by atoms with van der Waals surface area (Å²) < 4.78 is 32.4. The molecule has 0 aromatic carbocycles. The summed E-state index contributed by atoms with van der Waals surface area (Å²) in [6, 6.07) is 0. The first-order chi connectivity index (χ1) is 3.73. The van der Waals surface area contributed by atoms with E-state index in [0.717, 1.165) is 4.59 Å². The number of rotatable bonds is 0. The maximum atomic E-state index is 8.74. The van der Waals surface area contributed by atoms with Crippen molar-refractivity contribution in [1.29, 1.82) is 0 Å². The van der Waals surface area contributed by atoms with Crippen molar-refractivity contribution in [1.82, 2.24) is 0 Å². The summed E-state index contributed by atoms with van der Waals surface area (Å²) in [4.78, 5) is 0. The Morgan fingerprint density at radius 1 is 1.33 bits per heavy atom. The van der Waals surface area contributed by atoms with Gasteiger partial charge in [-0.05, 0) is 0 Å². The molecule has 0 aliphatic heterocycles. The maximum absolute atomic E-state index is 8.74. The normalized spacial score (nSPS) is 10.6. The minimum absolute atomic E-state index is 0.833. The third-order valence-corrected chi connectivity index (χ3v) is 0. The summed E-state index contributed by atoms with van der Waals surface area (Å²) in [5, 5.41) is 0. The van der Waals surface area contributed by atoms with Crippen LogP contribution in [0.3, 0.4) is 0 Å². The average molecular weight is 148 g/mol. The van der Waals surface area contributed by atoms with Crippen LogP contribution in [0.4, 0.5) is 0 Å². The molecule has 0 aliphatic rings. The molecule has 0 amide bonds. The Balaban J connectivity index is 0. The van der Waals surface area contributed by atoms with Crippen LogP contribution >= 0.6 is 0 Å². The van der Waals surface area contributed by atoms with Gasteiger partial charge in [0.25, 0.3) is 0 Å². The van der Waals surface area contributed by atoms with Crippen molar-refractivity contribution >= 4 is 28.1 Å². The van der Waals surface area contributed by atoms with E-state index in [0.29, 0.717) is 0 Å². The molecule has 0 aromatic rings. The molecule has 0 bridgehead atoms. The molecule has 0 radical (unpaired) electrons. The molecule has 52 valence electrons. The number of hydrogen-bond acceptors (Lipinski definition) is 2. The minimum atomic E-state index is -4.67. The molecule has 0 saturated heterocycles. The van der Waals surface area contributed by atoms with Crippen LogP contribution in [0.5, 0.6) is 0 Å². The molecule has 0 rings (SSSR count). The Morgan fingerprint density at radius 3 is 1.33 bits per heavy atom. The molecule has 0 saturated carbocycles. The average Bonchev–Trinajstić information content (AvgIpc) is 1.19. The standard InChI is InChI=1S/C3H7.Li.H2O4S/c1-3-2;;1-5(2,3)4/h3H,1-2H3;;(H2,1,2,3,4). The molecule has 9 heavy (non-hydrogen) atoms. The zero-order valence-electron chi connectivity index (χ0n) is 5.70. The fourth-order valence-electron chi connectivity index (χ4n) is 0. The first kappa shape index (κ1) is 12.2. The van der Waals surface area contributed by atoms with E-state index in [4.69, 9.17) is 17.5 Å². The molecule has 4 nitrogen and oxygen atoms in total. The van der Waals surface area contributed by atoms with Gasteiger partial charge in [0, 0.05) is 0 Å². The van der Waals surface area contributed by atoms with Gasteiger partial charge in [-0.3, -0.25) is 9.11 Å². The first-order valence-electron chi connectivity index (χ1n) is 2.43. The second kappa shape index (κ2) is 5.27. The zero-order chi connectivity index (χ0) is 8.08. The third-order valence-electron chi connectivity index (χ3n) is 0. The summed E-state index contributed by atoms with van der Waals surface area (Å²) in [5.41, 5.74) is 0. The van der Waals surface area contributed by atoms with E-state index < -0.39 is 10.4 Å². The third kappa shape index (κ3) is 1620. The van der Waals surface area contributed by atoms with Crippen molar-refractivity contribution in [3.05, 3.63) is 0 Å². The SMILES string of the molecule is O=S(=O)(O)O.[Li][CH](C)C. The molecule has 0 unspecified atom stereocenters. The molecule has 6 heteroatoms. The van der Waals surface area contributed by atoms with Crippen LogP contribution in [0.15, 0.2) is 0 Å². The first-order valence-corrected chi connectivity index (χ1v) is 3.83. The van der Waals surface area contributed by atoms with Crippen LogP contribution < -0.4 is 0 Å². The molecular weight excluding hydrogens is 139 g/mol. The van der Waals surface area contributed by atoms with Crippen molar-refractivity contribution in [3.8, 4) is 0 Å². The fraction of sp³-hybridized carbons (Fsp3) is 1.00. The van der Waals surface area contributed by atoms with Gasteiger partial charge < -0.3 is 0 Å². The van der Waals surface area contributed by atoms with Crippen LogP contribution in [-0.2, 0) is 10.4 Å². The van der Waals surface area contributed by atoms with Crippen LogP contribution in [0, 0.1) is 0 Å². The monoisotopic (exact) mass is 148 g/mol. The van der Waals surface area contributed by atoms with Crippen LogP contribution in [-0.4, -0.2) is 35.2 Å². The van der Waals surface area contributed by atoms with Gasteiger partial charge in [0.15, 0.2) is 0 Å². The zero-order valence-corrected chi connectivity index (χ0v) is 6.51. The van der Waals surface area contributed by atoms with Gasteiger partial charge in [0.2, 0.25) is 0 Å². The van der Waals surface area contributed by atoms with Gasteiger partial charge in [-0.2, -0.15) is 8.42 Å². The molecule has 0 aliphatic carbocycles. The summed E-state index contributed by atoms with van der Waals surface area (Å²) in [7, 11) is -4.67. The van der Waals surface area contributed by atoms with Gasteiger partial charge in [-0.1, -0.05) is 0 Å². The second-order valence-electron chi connectivity index (χ2n) is 2.18. The van der Waals surface area contributed by atoms with Crippen LogP contribution in [0.25, 0.3) is 0 Å². The van der Waals surface area contributed by atoms with Crippen LogP contribution in [0.1, 0.15) is 13.8 Å². The predicted molar refractivity (Wildman–Crippen MR) is 35.0 cm³/mol. The summed E-state index contributed by atoms with van der Waals surface area (Å²) in [6.45, 7) is 4.33. The molecule has 0 atom stereocenters. The van der Waals surface area contributed by atoms with Gasteiger partial charge in [0.05, 0.1) is 0 Å². The van der Waals surface area contributed by atoms with Crippen molar-refractivity contribution in [2.45, 2.75) is 18.4 Å². The quantitative estimate of drug-likeness (QED) is 0.383. The van der Waals surface area contributed by atoms with E-state index in [2.05, 4.69) is 31.6 Å². The Bertz CT molecular complexity index is 127. The van der Waals surface area contributed by atoms with Crippen LogP contribution in [0.2, 0.25) is 4.59 Å². The van der Waals surface area contributed by atoms with E-state index in [9.17, 15) is 0 Å². The molecule has 0 spiro atoms. The van der Waals surface area contributed by atoms with Gasteiger partial charge >= 0.3 is 46.6 Å². The number of hydrogen-bond donors (Lipinski definition) is 2. The predicted octanol–water partition coefficient (Wildman–Crippen LogP) is 0.330. The van der Waals surface area contributed by atoms with Gasteiger partial charge in [-0.25, -0.2) is 0 Å². The molecular formula is C3H9LiO4S. The van der Waals surface area contributed by atoms with E-state index in [1.54, 1.807) is 0 Å². The van der Waals surface area contributed by atoms with E-state index in [1.165, 1.54) is 0 Å². The Hall–Kier alpha value is 0.467. The summed E-state index contributed by atoms with van der Waals surface area (Å²) >= 11 is 2.17. The summed E-state index contributed by atoms with van der Waals surface area (Å²) in [6.07, 6.45) is 0. The Kier molecular flexibility index (Phi) is 7.12. The Labute approximate surface area is 64.4 Å². The van der Waals surface area contributed by atoms with Crippen molar-refractivity contribution in [3.63, 3.8) is 0 Å². The summed E-state index contributed by atoms with van der Waals surface area (Å²) in [5.74, 6) is 0. The van der Waals surface area contributed by atoms with E-state index in [-0.39, 0.29) is 0 Å². The van der Waals surface area contributed by atoms with Gasteiger partial charge in [-0.15, -0.1) is 0 Å². The second-order valence-corrected chi connectivity index (χ2v) is 3.08. The Morgan fingerprint density at radius 2 is 1.33 bits per heavy atom. The molecule has 0 fully saturated rings. The molecule has 2 N–H and O–H groups in total. The van der Waals surface area contributed by atoms with Crippen molar-refractivity contribution in [2.24, 2.45) is 0 Å². The molecule has 0 aromatic heterocycles. The van der Waals surface area contributed by atoms with Crippen molar-refractivity contribution < 1.29 is 17.5 Å². The van der Waals surface area contributed by atoms with E-state index in [1.807, 2.05) is 0 Å².